The summed E-state index contributed by atoms with van der Waals surface area (Å²) in [5.41, 5.74) is 2.36. The summed E-state index contributed by atoms with van der Waals surface area (Å²) in [4.78, 5) is 36.1. The molecule has 2 aliphatic heterocycles. The van der Waals surface area contributed by atoms with Crippen LogP contribution in [-0.2, 0) is 9.53 Å². The lowest BCUT2D eigenvalue weighted by Crippen LogP contribution is -2.51. The van der Waals surface area contributed by atoms with Gasteiger partial charge in [-0.3, -0.25) is 9.59 Å². The molecule has 8 nitrogen and oxygen atoms in total. The van der Waals surface area contributed by atoms with Crippen molar-refractivity contribution in [1.29, 1.82) is 0 Å². The van der Waals surface area contributed by atoms with E-state index in [9.17, 15) is 9.59 Å². The van der Waals surface area contributed by atoms with Gasteiger partial charge in [-0.05, 0) is 48.6 Å². The minimum atomic E-state index is -0.128. The highest BCUT2D eigenvalue weighted by atomic mass is 16.5. The van der Waals surface area contributed by atoms with Gasteiger partial charge in [-0.1, -0.05) is 6.92 Å². The molecule has 8 heteroatoms. The summed E-state index contributed by atoms with van der Waals surface area (Å²) >= 11 is 0. The van der Waals surface area contributed by atoms with E-state index in [0.717, 1.165) is 24.1 Å². The summed E-state index contributed by atoms with van der Waals surface area (Å²) in [6, 6.07) is 7.45. The van der Waals surface area contributed by atoms with E-state index in [0.29, 0.717) is 30.6 Å². The molecule has 1 saturated carbocycles. The number of benzene rings is 1. The summed E-state index contributed by atoms with van der Waals surface area (Å²) in [5, 5.41) is 6.47. The lowest BCUT2D eigenvalue weighted by Gasteiger charge is -2.45. The first kappa shape index (κ1) is 19.9. The average Bonchev–Trinajstić information content (AvgIpc) is 3.57. The Morgan fingerprint density at radius 2 is 1.90 bits per heavy atom. The fourth-order valence-corrected chi connectivity index (χ4v) is 4.81. The molecule has 3 heterocycles. The predicted octanol–water partition coefficient (Wildman–Crippen LogP) is 2.54. The smallest absolute Gasteiger partial charge is 0.251 e. The maximum atomic E-state index is 12.8. The van der Waals surface area contributed by atoms with Gasteiger partial charge in [-0.25, -0.2) is 9.97 Å². The van der Waals surface area contributed by atoms with Crippen LogP contribution in [0.3, 0.4) is 0 Å². The number of ether oxygens (including phenoxy) is 1. The number of aromatic nitrogens is 2. The molecule has 0 bridgehead atoms. The van der Waals surface area contributed by atoms with E-state index in [4.69, 9.17) is 4.74 Å². The second-order valence-electron chi connectivity index (χ2n) is 8.75. The maximum Gasteiger partial charge on any atom is 0.251 e. The van der Waals surface area contributed by atoms with Crippen molar-refractivity contribution in [3.05, 3.63) is 47.8 Å². The number of rotatable bonds is 5. The number of fused-ring (bicyclic) bond motifs is 1. The third-order valence-electron chi connectivity index (χ3n) is 6.51. The molecule has 1 aromatic carbocycles. The van der Waals surface area contributed by atoms with Crippen molar-refractivity contribution in [3.8, 4) is 0 Å². The molecule has 5 rings (SSSR count). The number of hydrogen-bond donors (Lipinski definition) is 2. The summed E-state index contributed by atoms with van der Waals surface area (Å²) in [6.07, 6.45) is 5.67. The Kier molecular flexibility index (Phi) is 5.09. The Morgan fingerprint density at radius 3 is 2.52 bits per heavy atom. The highest BCUT2D eigenvalue weighted by Gasteiger charge is 2.47. The zero-order valence-corrected chi connectivity index (χ0v) is 17.7. The first-order valence-corrected chi connectivity index (χ1v) is 10.9. The number of carbonyl (C=O) groups is 2. The van der Waals surface area contributed by atoms with Crippen LogP contribution in [0.2, 0.25) is 0 Å². The second kappa shape index (κ2) is 7.92. The molecule has 0 radical (unpaired) electrons. The maximum absolute atomic E-state index is 12.8. The van der Waals surface area contributed by atoms with Gasteiger partial charge in [0.2, 0.25) is 11.9 Å². The van der Waals surface area contributed by atoms with E-state index in [1.165, 1.54) is 0 Å². The first-order valence-electron chi connectivity index (χ1n) is 10.9. The van der Waals surface area contributed by atoms with Crippen LogP contribution in [0.15, 0.2) is 36.7 Å². The number of anilines is 2. The first-order chi connectivity index (χ1) is 15.0. The summed E-state index contributed by atoms with van der Waals surface area (Å²) in [7, 11) is 0. The molecule has 2 amide bonds. The van der Waals surface area contributed by atoms with Crippen LogP contribution in [0.5, 0.6) is 0 Å². The molecular formula is C23H27N5O3. The van der Waals surface area contributed by atoms with Gasteiger partial charge in [0.25, 0.3) is 5.91 Å². The monoisotopic (exact) mass is 421 g/mol. The van der Waals surface area contributed by atoms with E-state index in [1.54, 1.807) is 31.5 Å². The van der Waals surface area contributed by atoms with Crippen LogP contribution in [-0.4, -0.2) is 47.1 Å². The molecule has 1 aromatic heterocycles. The molecule has 162 valence electrons. The fraction of sp³-hybridized carbons (Fsp3) is 0.478. The minimum Gasteiger partial charge on any atom is -0.377 e. The third-order valence-corrected chi connectivity index (χ3v) is 6.51. The Morgan fingerprint density at radius 1 is 1.16 bits per heavy atom. The highest BCUT2D eigenvalue weighted by Crippen LogP contribution is 2.50. The summed E-state index contributed by atoms with van der Waals surface area (Å²) < 4.78 is 5.16. The van der Waals surface area contributed by atoms with Crippen LogP contribution in [0.1, 0.15) is 48.7 Å². The summed E-state index contributed by atoms with van der Waals surface area (Å²) in [5.74, 6) is 1.07. The van der Waals surface area contributed by atoms with Gasteiger partial charge in [0.05, 0.1) is 25.3 Å². The van der Waals surface area contributed by atoms with Crippen molar-refractivity contribution >= 4 is 23.5 Å². The second-order valence-corrected chi connectivity index (χ2v) is 8.75. The Balaban J connectivity index is 1.55. The van der Waals surface area contributed by atoms with E-state index in [1.807, 2.05) is 17.0 Å². The van der Waals surface area contributed by atoms with Crippen LogP contribution in [0, 0.1) is 11.8 Å². The van der Waals surface area contributed by atoms with E-state index in [-0.39, 0.29) is 35.9 Å². The van der Waals surface area contributed by atoms with Crippen molar-refractivity contribution in [2.75, 3.05) is 23.4 Å². The Bertz CT molecular complexity index is 990. The molecule has 2 aromatic rings. The van der Waals surface area contributed by atoms with E-state index in [2.05, 4.69) is 27.5 Å². The third kappa shape index (κ3) is 3.76. The van der Waals surface area contributed by atoms with Crippen LogP contribution in [0.4, 0.5) is 11.6 Å². The standard InChI is InChI=1S/C23H27N5O3/c1-13-20(27-23-24-8-3-9-25-23)18-10-16(22(30)26-17-11-31-12-17)6-7-19(18)28(14(2)29)21(13)15-4-5-15/h3,6-10,13,15,17,20-21H,4-5,11-12H2,1-2H3,(H,26,30)(H,24,25,27). The van der Waals surface area contributed by atoms with Crippen LogP contribution >= 0.6 is 0 Å². The van der Waals surface area contributed by atoms with E-state index >= 15 is 0 Å². The van der Waals surface area contributed by atoms with Gasteiger partial charge < -0.3 is 20.3 Å². The van der Waals surface area contributed by atoms with Gasteiger partial charge in [-0.15, -0.1) is 0 Å². The van der Waals surface area contributed by atoms with Crippen molar-refractivity contribution in [3.63, 3.8) is 0 Å². The molecule has 1 aliphatic carbocycles. The lowest BCUT2D eigenvalue weighted by atomic mass is 9.79. The normalized spacial score (nSPS) is 25.4. The number of hydrogen-bond acceptors (Lipinski definition) is 6. The SMILES string of the molecule is CC(=O)N1c2ccc(C(=O)NC3COC3)cc2C(Nc2ncccn2)C(C)C1C1CC1. The molecular weight excluding hydrogens is 394 g/mol. The van der Waals surface area contributed by atoms with Crippen molar-refractivity contribution in [2.24, 2.45) is 11.8 Å². The highest BCUT2D eigenvalue weighted by molar-refractivity contribution is 5.98. The van der Waals surface area contributed by atoms with Gasteiger partial charge in [0, 0.05) is 42.5 Å². The van der Waals surface area contributed by atoms with Gasteiger partial charge in [0.15, 0.2) is 0 Å². The Hall–Kier alpha value is -3.00. The number of amides is 2. The minimum absolute atomic E-state index is 0.0308. The molecule has 2 fully saturated rings. The Labute approximate surface area is 181 Å². The van der Waals surface area contributed by atoms with Gasteiger partial charge in [0.1, 0.15) is 0 Å². The van der Waals surface area contributed by atoms with Crippen molar-refractivity contribution in [2.45, 2.75) is 44.8 Å². The topological polar surface area (TPSA) is 96.5 Å². The largest absolute Gasteiger partial charge is 0.377 e. The fourth-order valence-electron chi connectivity index (χ4n) is 4.81. The van der Waals surface area contributed by atoms with E-state index < -0.39 is 0 Å². The number of nitrogens with one attached hydrogen (secondary N) is 2. The average molecular weight is 422 g/mol. The zero-order valence-electron chi connectivity index (χ0n) is 17.7. The van der Waals surface area contributed by atoms with Gasteiger partial charge in [-0.2, -0.15) is 0 Å². The molecule has 31 heavy (non-hydrogen) atoms. The zero-order chi connectivity index (χ0) is 21.5. The van der Waals surface area contributed by atoms with Crippen LogP contribution < -0.4 is 15.5 Å². The predicted molar refractivity (Wildman–Crippen MR) is 116 cm³/mol. The molecule has 1 saturated heterocycles. The molecule has 2 N–H and O–H groups in total. The van der Waals surface area contributed by atoms with Crippen molar-refractivity contribution < 1.29 is 14.3 Å². The quantitative estimate of drug-likeness (QED) is 0.770. The number of carbonyl (C=O) groups excluding carboxylic acids is 2. The molecule has 3 aliphatic rings. The van der Waals surface area contributed by atoms with Gasteiger partial charge >= 0.3 is 0 Å². The summed E-state index contributed by atoms with van der Waals surface area (Å²) in [6.45, 7) is 4.88. The number of nitrogens with zero attached hydrogens (tertiary/aromatic N) is 3. The molecule has 3 unspecified atom stereocenters. The lowest BCUT2D eigenvalue weighted by molar-refractivity contribution is -0.117. The van der Waals surface area contributed by atoms with Crippen LogP contribution in [0.25, 0.3) is 0 Å². The molecule has 0 spiro atoms. The molecule has 3 atom stereocenters. The van der Waals surface area contributed by atoms with Crippen molar-refractivity contribution in [1.82, 2.24) is 15.3 Å².